The summed E-state index contributed by atoms with van der Waals surface area (Å²) in [6.45, 7) is 13.6. The molecule has 0 spiro atoms. The van der Waals surface area contributed by atoms with Crippen LogP contribution in [-0.2, 0) is 14.3 Å². The molecule has 118 valence electrons. The Kier molecular flexibility index (Phi) is 7.20. The molecule has 0 bridgehead atoms. The zero-order valence-corrected chi connectivity index (χ0v) is 14.0. The fourth-order valence-corrected chi connectivity index (χ4v) is 1.87. The maximum atomic E-state index is 12.3. The van der Waals surface area contributed by atoms with Gasteiger partial charge in [-0.15, -0.1) is 0 Å². The van der Waals surface area contributed by atoms with Crippen LogP contribution < -0.4 is 10.6 Å². The van der Waals surface area contributed by atoms with E-state index in [1.807, 2.05) is 48.5 Å². The molecule has 0 rings (SSSR count). The van der Waals surface area contributed by atoms with Crippen LogP contribution in [0, 0.1) is 11.8 Å². The molecule has 0 aliphatic rings. The predicted molar refractivity (Wildman–Crippen MR) is 80.3 cm³/mol. The van der Waals surface area contributed by atoms with Crippen molar-refractivity contribution in [1.29, 1.82) is 0 Å². The third-order valence-corrected chi connectivity index (χ3v) is 2.93. The Morgan fingerprint density at radius 2 is 1.40 bits per heavy atom. The van der Waals surface area contributed by atoms with E-state index in [9.17, 15) is 9.59 Å². The zero-order chi connectivity index (χ0) is 16.1. The van der Waals surface area contributed by atoms with E-state index >= 15 is 0 Å². The van der Waals surface area contributed by atoms with Crippen LogP contribution in [0.5, 0.6) is 0 Å². The van der Waals surface area contributed by atoms with Crippen LogP contribution in [0.3, 0.4) is 0 Å². The van der Waals surface area contributed by atoms with Crippen molar-refractivity contribution in [1.82, 2.24) is 10.6 Å². The quantitative estimate of drug-likeness (QED) is 0.730. The van der Waals surface area contributed by atoms with Crippen molar-refractivity contribution in [2.75, 3.05) is 7.11 Å². The third-order valence-electron chi connectivity index (χ3n) is 2.93. The van der Waals surface area contributed by atoms with Gasteiger partial charge in [-0.2, -0.15) is 0 Å². The van der Waals surface area contributed by atoms with E-state index in [4.69, 9.17) is 4.74 Å². The van der Waals surface area contributed by atoms with Crippen molar-refractivity contribution >= 4 is 11.9 Å². The van der Waals surface area contributed by atoms with Gasteiger partial charge in [0.15, 0.2) is 0 Å². The lowest BCUT2D eigenvalue weighted by Crippen LogP contribution is -2.57. The van der Waals surface area contributed by atoms with Gasteiger partial charge in [0.1, 0.15) is 6.04 Å². The monoisotopic (exact) mass is 286 g/mol. The number of methoxy groups -OCH3 is 1. The van der Waals surface area contributed by atoms with E-state index in [1.165, 1.54) is 7.11 Å². The first-order valence-electron chi connectivity index (χ1n) is 7.15. The summed E-state index contributed by atoms with van der Waals surface area (Å²) in [7, 11) is 1.36. The first-order chi connectivity index (χ1) is 8.99. The minimum atomic E-state index is -0.488. The van der Waals surface area contributed by atoms with Crippen molar-refractivity contribution in [2.45, 2.75) is 66.1 Å². The molecule has 2 N–H and O–H groups in total. The Hall–Kier alpha value is -1.10. The van der Waals surface area contributed by atoms with Crippen molar-refractivity contribution in [3.63, 3.8) is 0 Å². The van der Waals surface area contributed by atoms with Gasteiger partial charge >= 0.3 is 5.97 Å². The molecule has 0 fully saturated rings. The summed E-state index contributed by atoms with van der Waals surface area (Å²) in [5.74, 6) is -0.314. The number of ether oxygens (including phenoxy) is 1. The average molecular weight is 286 g/mol. The average Bonchev–Trinajstić information content (AvgIpc) is 2.25. The molecule has 20 heavy (non-hydrogen) atoms. The Morgan fingerprint density at radius 3 is 1.70 bits per heavy atom. The highest BCUT2D eigenvalue weighted by Gasteiger charge is 2.32. The largest absolute Gasteiger partial charge is 0.468 e. The van der Waals surface area contributed by atoms with Crippen LogP contribution in [0.4, 0.5) is 0 Å². The molecule has 0 saturated carbocycles. The van der Waals surface area contributed by atoms with Gasteiger partial charge in [0.05, 0.1) is 13.2 Å². The lowest BCUT2D eigenvalue weighted by Gasteiger charge is -2.31. The molecule has 0 radical (unpaired) electrons. The summed E-state index contributed by atoms with van der Waals surface area (Å²) in [4.78, 5) is 24.1. The number of amides is 1. The van der Waals surface area contributed by atoms with Gasteiger partial charge in [0.2, 0.25) is 5.91 Å². The second-order valence-electron chi connectivity index (χ2n) is 6.87. The second-order valence-corrected chi connectivity index (χ2v) is 6.87. The maximum Gasteiger partial charge on any atom is 0.323 e. The van der Waals surface area contributed by atoms with Gasteiger partial charge in [0.25, 0.3) is 0 Å². The van der Waals surface area contributed by atoms with E-state index < -0.39 is 12.1 Å². The Labute approximate surface area is 122 Å². The van der Waals surface area contributed by atoms with Gasteiger partial charge in [-0.25, -0.2) is 0 Å². The topological polar surface area (TPSA) is 67.4 Å². The molecule has 5 heteroatoms. The minimum absolute atomic E-state index is 0.0473. The summed E-state index contributed by atoms with van der Waals surface area (Å²) in [5.41, 5.74) is -0.301. The SMILES string of the molecule is COC(=O)[C@@H](N[C@H](C(=O)NC(C)(C)C)C(C)C)C(C)C. The van der Waals surface area contributed by atoms with Crippen molar-refractivity contribution < 1.29 is 14.3 Å². The Balaban J connectivity index is 5.01. The van der Waals surface area contributed by atoms with Crippen LogP contribution in [0.1, 0.15) is 48.5 Å². The van der Waals surface area contributed by atoms with Gasteiger partial charge in [-0.05, 0) is 32.6 Å². The molecule has 0 saturated heterocycles. The zero-order valence-electron chi connectivity index (χ0n) is 14.0. The van der Waals surface area contributed by atoms with E-state index in [-0.39, 0.29) is 29.3 Å². The number of carbonyl (C=O) groups excluding carboxylic acids is 2. The molecule has 0 unspecified atom stereocenters. The van der Waals surface area contributed by atoms with Gasteiger partial charge < -0.3 is 10.1 Å². The number of nitrogens with one attached hydrogen (secondary N) is 2. The van der Waals surface area contributed by atoms with Crippen molar-refractivity contribution in [2.24, 2.45) is 11.8 Å². The molecule has 0 aromatic rings. The van der Waals surface area contributed by atoms with Crippen molar-refractivity contribution in [3.05, 3.63) is 0 Å². The fraction of sp³-hybridized carbons (Fsp3) is 0.867. The summed E-state index contributed by atoms with van der Waals surface area (Å²) in [6, 6.07) is -0.918. The molecule has 0 aromatic carbocycles. The lowest BCUT2D eigenvalue weighted by atomic mass is 9.97. The van der Waals surface area contributed by atoms with Crippen LogP contribution in [0.2, 0.25) is 0 Å². The third kappa shape index (κ3) is 6.37. The molecular weight excluding hydrogens is 256 g/mol. The van der Waals surface area contributed by atoms with E-state index in [0.29, 0.717) is 0 Å². The van der Waals surface area contributed by atoms with E-state index in [1.54, 1.807) is 0 Å². The lowest BCUT2D eigenvalue weighted by molar-refractivity contribution is -0.145. The second kappa shape index (κ2) is 7.62. The van der Waals surface area contributed by atoms with Crippen molar-refractivity contribution in [3.8, 4) is 0 Å². The number of carbonyl (C=O) groups is 2. The van der Waals surface area contributed by atoms with Crippen LogP contribution in [0.25, 0.3) is 0 Å². The van der Waals surface area contributed by atoms with E-state index in [2.05, 4.69) is 10.6 Å². The summed E-state index contributed by atoms with van der Waals surface area (Å²) >= 11 is 0. The number of hydrogen-bond donors (Lipinski definition) is 2. The number of hydrogen-bond acceptors (Lipinski definition) is 4. The highest BCUT2D eigenvalue weighted by atomic mass is 16.5. The summed E-state index contributed by atoms with van der Waals surface area (Å²) in [5, 5.41) is 6.09. The molecule has 1 amide bonds. The minimum Gasteiger partial charge on any atom is -0.468 e. The van der Waals surface area contributed by atoms with Gasteiger partial charge in [-0.1, -0.05) is 27.7 Å². The first-order valence-corrected chi connectivity index (χ1v) is 7.15. The molecule has 0 aliphatic carbocycles. The first kappa shape index (κ1) is 18.9. The van der Waals surface area contributed by atoms with E-state index in [0.717, 1.165) is 0 Å². The maximum absolute atomic E-state index is 12.3. The fourth-order valence-electron chi connectivity index (χ4n) is 1.87. The van der Waals surface area contributed by atoms with Gasteiger partial charge in [-0.3, -0.25) is 14.9 Å². The smallest absolute Gasteiger partial charge is 0.323 e. The van der Waals surface area contributed by atoms with Crippen LogP contribution in [0.15, 0.2) is 0 Å². The summed E-state index contributed by atoms with van der Waals surface area (Å²) in [6.07, 6.45) is 0. The molecule has 2 atom stereocenters. The molecule has 0 heterocycles. The molecular formula is C15H30N2O3. The highest BCUT2D eigenvalue weighted by molar-refractivity contribution is 5.84. The van der Waals surface area contributed by atoms with Gasteiger partial charge in [0, 0.05) is 5.54 Å². The normalized spacial score (nSPS) is 15.1. The molecule has 5 nitrogen and oxygen atoms in total. The Morgan fingerprint density at radius 1 is 0.950 bits per heavy atom. The summed E-state index contributed by atoms with van der Waals surface area (Å²) < 4.78 is 4.80. The Bertz CT molecular complexity index is 333. The van der Waals surface area contributed by atoms with Crippen LogP contribution >= 0.6 is 0 Å². The molecule has 0 aliphatic heterocycles. The highest BCUT2D eigenvalue weighted by Crippen LogP contribution is 2.11. The number of rotatable bonds is 6. The molecule has 0 aromatic heterocycles. The van der Waals surface area contributed by atoms with Crippen LogP contribution in [-0.4, -0.2) is 36.6 Å². The standard InChI is InChI=1S/C15H30N2O3/c1-9(2)11(13(18)17-15(5,6)7)16-12(10(3)4)14(19)20-8/h9-12,16H,1-8H3,(H,17,18)/t11-,12-/m0/s1. The predicted octanol–water partition coefficient (Wildman–Crippen LogP) is 1.71. The number of esters is 1.